The molecule has 0 saturated heterocycles. The van der Waals surface area contributed by atoms with Gasteiger partial charge in [-0.3, -0.25) is 0 Å². The first kappa shape index (κ1) is 11.1. The Morgan fingerprint density at radius 3 is 2.07 bits per heavy atom. The zero-order valence-electron chi connectivity index (χ0n) is 9.94. The minimum Gasteiger partial charge on any atom is -0.161 e. The van der Waals surface area contributed by atoms with E-state index in [2.05, 4.69) is 57.0 Å². The van der Waals surface area contributed by atoms with E-state index in [1.54, 1.807) is 4.80 Å². The Bertz CT molecular complexity index is 295. The molecule has 1 heterocycles. The van der Waals surface area contributed by atoms with Crippen LogP contribution in [-0.4, -0.2) is 20.2 Å². The van der Waals surface area contributed by atoms with E-state index in [0.29, 0.717) is 12.0 Å². The van der Waals surface area contributed by atoms with E-state index in [9.17, 15) is 0 Å². The first-order chi connectivity index (χ1) is 6.32. The third-order valence-corrected chi connectivity index (χ3v) is 2.43. The summed E-state index contributed by atoms with van der Waals surface area (Å²) in [4.78, 5) is 1.71. The van der Waals surface area contributed by atoms with Gasteiger partial charge in [0.2, 0.25) is 0 Å². The molecule has 0 bridgehead atoms. The molecular formula is C10H20N4. The van der Waals surface area contributed by atoms with Crippen molar-refractivity contribution < 1.29 is 0 Å². The van der Waals surface area contributed by atoms with Crippen LogP contribution < -0.4 is 0 Å². The van der Waals surface area contributed by atoms with Crippen LogP contribution in [0.4, 0.5) is 0 Å². The quantitative estimate of drug-likeness (QED) is 0.728. The first-order valence-electron chi connectivity index (χ1n) is 5.12. The van der Waals surface area contributed by atoms with Crippen LogP contribution in [0.5, 0.6) is 0 Å². The number of aromatic nitrogens is 4. The molecule has 1 aromatic rings. The van der Waals surface area contributed by atoms with E-state index in [1.807, 2.05) is 0 Å². The smallest absolute Gasteiger partial charge is 0.161 e. The topological polar surface area (TPSA) is 43.6 Å². The van der Waals surface area contributed by atoms with Crippen molar-refractivity contribution in [1.82, 2.24) is 20.2 Å². The predicted molar refractivity (Wildman–Crippen MR) is 56.1 cm³/mol. The number of hydrogen-bond acceptors (Lipinski definition) is 3. The molecule has 0 aliphatic heterocycles. The van der Waals surface area contributed by atoms with Gasteiger partial charge in [0.25, 0.3) is 0 Å². The average molecular weight is 196 g/mol. The van der Waals surface area contributed by atoms with Gasteiger partial charge in [0, 0.05) is 5.41 Å². The van der Waals surface area contributed by atoms with Crippen molar-refractivity contribution in [3.8, 4) is 0 Å². The van der Waals surface area contributed by atoms with Gasteiger partial charge in [-0.2, -0.15) is 4.80 Å². The summed E-state index contributed by atoms with van der Waals surface area (Å²) in [6.07, 6.45) is 0. The standard InChI is InChI=1S/C10H20N4/c1-7(2)8(3)14-12-9(11-13-14)10(4,5)6/h7-8H,1-6H3. The summed E-state index contributed by atoms with van der Waals surface area (Å²) in [6, 6.07) is 0.304. The second-order valence-electron chi connectivity index (χ2n) is 5.17. The van der Waals surface area contributed by atoms with Gasteiger partial charge in [-0.05, 0) is 18.1 Å². The van der Waals surface area contributed by atoms with Gasteiger partial charge in [-0.25, -0.2) is 0 Å². The van der Waals surface area contributed by atoms with Gasteiger partial charge in [0.05, 0.1) is 6.04 Å². The number of hydrogen-bond donors (Lipinski definition) is 0. The van der Waals surface area contributed by atoms with Crippen LogP contribution in [-0.2, 0) is 5.41 Å². The zero-order chi connectivity index (χ0) is 10.9. The fourth-order valence-electron chi connectivity index (χ4n) is 0.964. The SMILES string of the molecule is CC(C)C(C)n1nnc(C(C)(C)C)n1. The van der Waals surface area contributed by atoms with Crippen LogP contribution in [0.1, 0.15) is 53.4 Å². The van der Waals surface area contributed by atoms with Crippen LogP contribution in [0.15, 0.2) is 0 Å². The van der Waals surface area contributed by atoms with Crippen molar-refractivity contribution in [2.75, 3.05) is 0 Å². The Balaban J connectivity index is 2.89. The molecule has 14 heavy (non-hydrogen) atoms. The molecule has 0 saturated carbocycles. The second kappa shape index (κ2) is 3.67. The molecule has 0 aromatic carbocycles. The lowest BCUT2D eigenvalue weighted by molar-refractivity contribution is 0.331. The Morgan fingerprint density at radius 2 is 1.71 bits per heavy atom. The largest absolute Gasteiger partial charge is 0.180 e. The molecular weight excluding hydrogens is 176 g/mol. The normalized spacial score (nSPS) is 14.8. The van der Waals surface area contributed by atoms with E-state index < -0.39 is 0 Å². The van der Waals surface area contributed by atoms with Crippen molar-refractivity contribution in [2.45, 2.75) is 53.0 Å². The van der Waals surface area contributed by atoms with Crippen molar-refractivity contribution in [2.24, 2.45) is 5.92 Å². The number of rotatable bonds is 2. The lowest BCUT2D eigenvalue weighted by Gasteiger charge is -2.14. The highest BCUT2D eigenvalue weighted by Crippen LogP contribution is 2.19. The maximum Gasteiger partial charge on any atom is 0.180 e. The van der Waals surface area contributed by atoms with Gasteiger partial charge in [-0.15, -0.1) is 10.2 Å². The van der Waals surface area contributed by atoms with Gasteiger partial charge in [0.1, 0.15) is 0 Å². The Morgan fingerprint density at radius 1 is 1.14 bits per heavy atom. The molecule has 4 nitrogen and oxygen atoms in total. The summed E-state index contributed by atoms with van der Waals surface area (Å²) in [6.45, 7) is 12.7. The summed E-state index contributed by atoms with van der Waals surface area (Å²) in [5, 5.41) is 12.5. The first-order valence-corrected chi connectivity index (χ1v) is 5.12. The third-order valence-electron chi connectivity index (χ3n) is 2.43. The van der Waals surface area contributed by atoms with Gasteiger partial charge >= 0.3 is 0 Å². The molecule has 80 valence electrons. The Kier molecular flexibility index (Phi) is 2.92. The molecule has 0 spiro atoms. The highest BCUT2D eigenvalue weighted by atomic mass is 15.6. The fourth-order valence-corrected chi connectivity index (χ4v) is 0.964. The second-order valence-corrected chi connectivity index (χ2v) is 5.17. The Hall–Kier alpha value is -0.930. The fraction of sp³-hybridized carbons (Fsp3) is 0.900. The molecule has 0 aliphatic carbocycles. The number of tetrazole rings is 1. The molecule has 0 amide bonds. The van der Waals surface area contributed by atoms with Crippen LogP contribution >= 0.6 is 0 Å². The summed E-state index contributed by atoms with van der Waals surface area (Å²) in [7, 11) is 0. The number of nitrogens with zero attached hydrogens (tertiary/aromatic N) is 4. The lowest BCUT2D eigenvalue weighted by Crippen LogP contribution is -2.17. The maximum atomic E-state index is 4.40. The average Bonchev–Trinajstić information content (AvgIpc) is 2.49. The van der Waals surface area contributed by atoms with Crippen molar-refractivity contribution in [3.05, 3.63) is 5.82 Å². The molecule has 1 aromatic heterocycles. The molecule has 4 heteroatoms. The molecule has 1 atom stereocenters. The summed E-state index contributed by atoms with van der Waals surface area (Å²) in [5.41, 5.74) is -0.0189. The minimum atomic E-state index is -0.0189. The molecule has 1 unspecified atom stereocenters. The summed E-state index contributed by atoms with van der Waals surface area (Å²) >= 11 is 0. The van der Waals surface area contributed by atoms with Crippen LogP contribution in [0.2, 0.25) is 0 Å². The lowest BCUT2D eigenvalue weighted by atomic mass is 9.96. The maximum absolute atomic E-state index is 4.40. The van der Waals surface area contributed by atoms with Crippen molar-refractivity contribution in [3.63, 3.8) is 0 Å². The third kappa shape index (κ3) is 2.30. The van der Waals surface area contributed by atoms with Gasteiger partial charge < -0.3 is 0 Å². The van der Waals surface area contributed by atoms with Crippen LogP contribution in [0.25, 0.3) is 0 Å². The van der Waals surface area contributed by atoms with E-state index >= 15 is 0 Å². The van der Waals surface area contributed by atoms with E-state index in [1.165, 1.54) is 0 Å². The molecule has 0 radical (unpaired) electrons. The van der Waals surface area contributed by atoms with E-state index in [-0.39, 0.29) is 5.41 Å². The van der Waals surface area contributed by atoms with Crippen molar-refractivity contribution >= 4 is 0 Å². The minimum absolute atomic E-state index is 0.0189. The molecule has 0 fully saturated rings. The molecule has 0 N–H and O–H groups in total. The van der Waals surface area contributed by atoms with Crippen LogP contribution in [0, 0.1) is 5.92 Å². The highest BCUT2D eigenvalue weighted by Gasteiger charge is 2.21. The summed E-state index contributed by atoms with van der Waals surface area (Å²) in [5.74, 6) is 1.34. The molecule has 0 aliphatic rings. The van der Waals surface area contributed by atoms with Gasteiger partial charge in [-0.1, -0.05) is 34.6 Å². The van der Waals surface area contributed by atoms with E-state index in [0.717, 1.165) is 5.82 Å². The zero-order valence-corrected chi connectivity index (χ0v) is 9.94. The van der Waals surface area contributed by atoms with Crippen LogP contribution in [0.3, 0.4) is 0 Å². The monoisotopic (exact) mass is 196 g/mol. The molecule has 1 rings (SSSR count). The van der Waals surface area contributed by atoms with Gasteiger partial charge in [0.15, 0.2) is 5.82 Å². The van der Waals surface area contributed by atoms with Crippen molar-refractivity contribution in [1.29, 1.82) is 0 Å². The predicted octanol–water partition coefficient (Wildman–Crippen LogP) is 2.19. The van der Waals surface area contributed by atoms with E-state index in [4.69, 9.17) is 0 Å². The summed E-state index contributed by atoms with van der Waals surface area (Å²) < 4.78 is 0. The Labute approximate surface area is 85.7 Å². The highest BCUT2D eigenvalue weighted by molar-refractivity contribution is 4.96.